The van der Waals surface area contributed by atoms with E-state index in [2.05, 4.69) is 15.3 Å². The SMILES string of the molecule is Fc1ccccc1-c1nnc2cc(-c3ccccc3)c(Cl)nn12. The van der Waals surface area contributed by atoms with E-state index in [0.717, 1.165) is 11.1 Å². The summed E-state index contributed by atoms with van der Waals surface area (Å²) in [6.45, 7) is 0. The molecule has 0 aliphatic heterocycles. The fourth-order valence-corrected chi connectivity index (χ4v) is 2.68. The minimum absolute atomic E-state index is 0.307. The van der Waals surface area contributed by atoms with Gasteiger partial charge in [0.25, 0.3) is 0 Å². The molecular formula is C17H10ClFN4. The van der Waals surface area contributed by atoms with E-state index in [1.54, 1.807) is 24.3 Å². The normalized spacial score (nSPS) is 11.0. The molecule has 0 aliphatic carbocycles. The molecule has 0 amide bonds. The molecule has 0 atom stereocenters. The molecule has 0 aliphatic rings. The Bertz CT molecular complexity index is 998. The van der Waals surface area contributed by atoms with E-state index in [-0.39, 0.29) is 5.82 Å². The Morgan fingerprint density at radius 1 is 0.870 bits per heavy atom. The topological polar surface area (TPSA) is 43.1 Å². The Morgan fingerprint density at radius 2 is 1.61 bits per heavy atom. The Balaban J connectivity index is 1.93. The number of benzene rings is 2. The second-order valence-corrected chi connectivity index (χ2v) is 5.35. The number of rotatable bonds is 2. The Labute approximate surface area is 136 Å². The van der Waals surface area contributed by atoms with E-state index in [9.17, 15) is 4.39 Å². The number of fused-ring (bicyclic) bond motifs is 1. The molecule has 2 aromatic carbocycles. The zero-order chi connectivity index (χ0) is 15.8. The third kappa shape index (κ3) is 2.35. The van der Waals surface area contributed by atoms with Crippen molar-refractivity contribution in [3.8, 4) is 22.5 Å². The zero-order valence-electron chi connectivity index (χ0n) is 11.8. The van der Waals surface area contributed by atoms with E-state index in [1.165, 1.54) is 10.6 Å². The molecule has 0 spiro atoms. The smallest absolute Gasteiger partial charge is 0.188 e. The first-order valence-corrected chi connectivity index (χ1v) is 7.34. The molecule has 23 heavy (non-hydrogen) atoms. The average Bonchev–Trinajstić information content (AvgIpc) is 2.98. The molecule has 2 aromatic heterocycles. The first-order chi connectivity index (χ1) is 11.2. The van der Waals surface area contributed by atoms with E-state index in [1.807, 2.05) is 30.3 Å². The van der Waals surface area contributed by atoms with Crippen LogP contribution in [0.5, 0.6) is 0 Å². The third-order valence-corrected chi connectivity index (χ3v) is 3.83. The van der Waals surface area contributed by atoms with Crippen molar-refractivity contribution in [1.29, 1.82) is 0 Å². The summed E-state index contributed by atoms with van der Waals surface area (Å²) in [5.41, 5.74) is 2.53. The molecular weight excluding hydrogens is 315 g/mol. The van der Waals surface area contributed by atoms with Gasteiger partial charge in [-0.1, -0.05) is 54.1 Å². The van der Waals surface area contributed by atoms with Gasteiger partial charge in [0, 0.05) is 5.56 Å². The lowest BCUT2D eigenvalue weighted by molar-refractivity contribution is 0.629. The first-order valence-electron chi connectivity index (χ1n) is 6.96. The largest absolute Gasteiger partial charge is 0.206 e. The highest BCUT2D eigenvalue weighted by Gasteiger charge is 2.16. The highest BCUT2D eigenvalue weighted by Crippen LogP contribution is 2.28. The zero-order valence-corrected chi connectivity index (χ0v) is 12.6. The van der Waals surface area contributed by atoms with Crippen molar-refractivity contribution < 1.29 is 4.39 Å². The van der Waals surface area contributed by atoms with E-state index >= 15 is 0 Å². The summed E-state index contributed by atoms with van der Waals surface area (Å²) in [5.74, 6) is -0.0635. The van der Waals surface area contributed by atoms with Crippen LogP contribution in [0.25, 0.3) is 28.2 Å². The van der Waals surface area contributed by atoms with Crippen molar-refractivity contribution >= 4 is 17.2 Å². The number of hydrogen-bond acceptors (Lipinski definition) is 3. The summed E-state index contributed by atoms with van der Waals surface area (Å²) in [6.07, 6.45) is 0. The lowest BCUT2D eigenvalue weighted by atomic mass is 10.1. The highest BCUT2D eigenvalue weighted by molar-refractivity contribution is 6.32. The molecule has 4 aromatic rings. The van der Waals surface area contributed by atoms with Crippen LogP contribution in [-0.2, 0) is 0 Å². The first kappa shape index (κ1) is 13.8. The van der Waals surface area contributed by atoms with Gasteiger partial charge in [0.1, 0.15) is 5.82 Å². The van der Waals surface area contributed by atoms with Crippen LogP contribution in [0.15, 0.2) is 60.7 Å². The number of aromatic nitrogens is 4. The number of nitrogens with zero attached hydrogens (tertiary/aromatic N) is 4. The summed E-state index contributed by atoms with van der Waals surface area (Å²) in [6, 6.07) is 17.8. The molecule has 2 heterocycles. The van der Waals surface area contributed by atoms with Crippen molar-refractivity contribution in [3.05, 3.63) is 71.6 Å². The van der Waals surface area contributed by atoms with Crippen molar-refractivity contribution in [3.63, 3.8) is 0 Å². The van der Waals surface area contributed by atoms with Crippen LogP contribution >= 0.6 is 11.6 Å². The standard InChI is InChI=1S/C17H10ClFN4/c18-16-13(11-6-2-1-3-7-11)10-15-20-21-17(23(15)22-16)12-8-4-5-9-14(12)19/h1-10H. The van der Waals surface area contributed by atoms with Crippen molar-refractivity contribution in [1.82, 2.24) is 19.8 Å². The van der Waals surface area contributed by atoms with Crippen LogP contribution in [0.1, 0.15) is 0 Å². The summed E-state index contributed by atoms with van der Waals surface area (Å²) in [7, 11) is 0. The second kappa shape index (κ2) is 5.44. The molecule has 4 nitrogen and oxygen atoms in total. The predicted molar refractivity (Wildman–Crippen MR) is 86.6 cm³/mol. The molecule has 0 radical (unpaired) electrons. The van der Waals surface area contributed by atoms with Gasteiger partial charge in [-0.2, -0.15) is 9.61 Å². The fraction of sp³-hybridized carbons (Fsp3) is 0. The van der Waals surface area contributed by atoms with Crippen LogP contribution in [0.2, 0.25) is 5.15 Å². The van der Waals surface area contributed by atoms with E-state index in [4.69, 9.17) is 11.6 Å². The minimum atomic E-state index is -0.383. The van der Waals surface area contributed by atoms with Gasteiger partial charge in [0.15, 0.2) is 16.6 Å². The Hall–Kier alpha value is -2.79. The van der Waals surface area contributed by atoms with Crippen LogP contribution in [-0.4, -0.2) is 19.8 Å². The van der Waals surface area contributed by atoms with Gasteiger partial charge in [-0.05, 0) is 23.8 Å². The lowest BCUT2D eigenvalue weighted by Gasteiger charge is -2.05. The highest BCUT2D eigenvalue weighted by atomic mass is 35.5. The molecule has 0 N–H and O–H groups in total. The summed E-state index contributed by atoms with van der Waals surface area (Å²) in [5, 5.41) is 12.8. The molecule has 0 saturated carbocycles. The Kier molecular flexibility index (Phi) is 3.28. The van der Waals surface area contributed by atoms with Gasteiger partial charge in [0.05, 0.1) is 5.56 Å². The van der Waals surface area contributed by atoms with E-state index in [0.29, 0.717) is 22.2 Å². The van der Waals surface area contributed by atoms with Gasteiger partial charge >= 0.3 is 0 Å². The van der Waals surface area contributed by atoms with Crippen molar-refractivity contribution in [2.45, 2.75) is 0 Å². The third-order valence-electron chi connectivity index (χ3n) is 3.55. The molecule has 4 rings (SSSR count). The van der Waals surface area contributed by atoms with Crippen molar-refractivity contribution in [2.24, 2.45) is 0 Å². The van der Waals surface area contributed by atoms with Crippen LogP contribution < -0.4 is 0 Å². The monoisotopic (exact) mass is 324 g/mol. The molecule has 0 bridgehead atoms. The molecule has 0 unspecified atom stereocenters. The number of hydrogen-bond donors (Lipinski definition) is 0. The summed E-state index contributed by atoms with van der Waals surface area (Å²) in [4.78, 5) is 0. The second-order valence-electron chi connectivity index (χ2n) is 4.99. The lowest BCUT2D eigenvalue weighted by Crippen LogP contribution is -1.98. The van der Waals surface area contributed by atoms with Gasteiger partial charge in [-0.25, -0.2) is 4.39 Å². The average molecular weight is 325 g/mol. The molecule has 6 heteroatoms. The number of halogens is 2. The van der Waals surface area contributed by atoms with Crippen LogP contribution in [0, 0.1) is 5.82 Å². The minimum Gasteiger partial charge on any atom is -0.206 e. The quantitative estimate of drug-likeness (QED) is 0.553. The molecule has 0 saturated heterocycles. The van der Waals surface area contributed by atoms with Gasteiger partial charge in [0.2, 0.25) is 0 Å². The maximum absolute atomic E-state index is 14.0. The maximum atomic E-state index is 14.0. The maximum Gasteiger partial charge on any atom is 0.188 e. The van der Waals surface area contributed by atoms with E-state index < -0.39 is 0 Å². The van der Waals surface area contributed by atoms with Gasteiger partial charge < -0.3 is 0 Å². The van der Waals surface area contributed by atoms with Gasteiger partial charge in [-0.15, -0.1) is 10.2 Å². The summed E-state index contributed by atoms with van der Waals surface area (Å²) < 4.78 is 15.4. The molecule has 112 valence electrons. The predicted octanol–water partition coefficient (Wildman–Crippen LogP) is 4.25. The fourth-order valence-electron chi connectivity index (χ4n) is 2.44. The summed E-state index contributed by atoms with van der Waals surface area (Å²) >= 11 is 6.31. The van der Waals surface area contributed by atoms with Gasteiger partial charge in [-0.3, -0.25) is 0 Å². The molecule has 0 fully saturated rings. The van der Waals surface area contributed by atoms with Crippen molar-refractivity contribution in [2.75, 3.05) is 0 Å². The van der Waals surface area contributed by atoms with Crippen LogP contribution in [0.4, 0.5) is 4.39 Å². The Morgan fingerprint density at radius 3 is 2.39 bits per heavy atom. The van der Waals surface area contributed by atoms with Crippen LogP contribution in [0.3, 0.4) is 0 Å².